The predicted molar refractivity (Wildman–Crippen MR) is 110 cm³/mol. The minimum Gasteiger partial charge on any atom is -0.324 e. The second-order valence-electron chi connectivity index (χ2n) is 7.49. The third-order valence-electron chi connectivity index (χ3n) is 5.46. The van der Waals surface area contributed by atoms with Crippen LogP contribution in [-0.2, 0) is 6.42 Å². The second kappa shape index (κ2) is 7.84. The lowest BCUT2D eigenvalue weighted by atomic mass is 10.0. The van der Waals surface area contributed by atoms with Gasteiger partial charge in [-0.05, 0) is 61.6 Å². The summed E-state index contributed by atoms with van der Waals surface area (Å²) < 4.78 is 2.03. The number of likely N-dealkylation sites (tertiary alicyclic amines) is 1. The Balaban J connectivity index is 1.38. The van der Waals surface area contributed by atoms with Gasteiger partial charge in [-0.1, -0.05) is 24.3 Å². The van der Waals surface area contributed by atoms with Crippen molar-refractivity contribution in [3.63, 3.8) is 0 Å². The number of nitrogens with one attached hydrogen (secondary N) is 1. The molecule has 2 aromatic carbocycles. The Kier molecular flexibility index (Phi) is 5.10. The predicted octanol–water partition coefficient (Wildman–Crippen LogP) is 3.98. The van der Waals surface area contributed by atoms with E-state index in [2.05, 4.69) is 29.4 Å². The van der Waals surface area contributed by atoms with Gasteiger partial charge in [-0.15, -0.1) is 10.2 Å². The van der Waals surface area contributed by atoms with Crippen LogP contribution in [0.2, 0.25) is 0 Å². The van der Waals surface area contributed by atoms with E-state index in [-0.39, 0.29) is 6.03 Å². The number of carbonyl (C=O) groups excluding carboxylic acids is 1. The van der Waals surface area contributed by atoms with Crippen molar-refractivity contribution in [2.24, 2.45) is 5.92 Å². The number of para-hydroxylation sites is 1. The number of aryl methyl sites for hydroxylation is 2. The highest BCUT2D eigenvalue weighted by Crippen LogP contribution is 2.23. The SMILES string of the molecule is Cc1ccc(NC(=O)N2CCC(Cc3nncn3-c3ccccc3)C2)cc1C. The monoisotopic (exact) mass is 375 g/mol. The molecular formula is C22H25N5O. The molecule has 0 radical (unpaired) electrons. The van der Waals surface area contributed by atoms with Crippen LogP contribution in [0.25, 0.3) is 5.69 Å². The average Bonchev–Trinajstić information content (AvgIpc) is 3.35. The molecule has 2 amide bonds. The van der Waals surface area contributed by atoms with Gasteiger partial charge in [0.1, 0.15) is 12.2 Å². The van der Waals surface area contributed by atoms with Crippen molar-refractivity contribution >= 4 is 11.7 Å². The molecule has 1 N–H and O–H groups in total. The topological polar surface area (TPSA) is 63.1 Å². The second-order valence-corrected chi connectivity index (χ2v) is 7.49. The van der Waals surface area contributed by atoms with Crippen LogP contribution in [0.3, 0.4) is 0 Å². The number of anilines is 1. The number of benzene rings is 2. The molecule has 28 heavy (non-hydrogen) atoms. The summed E-state index contributed by atoms with van der Waals surface area (Å²) >= 11 is 0. The fourth-order valence-corrected chi connectivity index (χ4v) is 3.67. The summed E-state index contributed by atoms with van der Waals surface area (Å²) in [5, 5.41) is 11.4. The molecule has 0 bridgehead atoms. The van der Waals surface area contributed by atoms with Crippen LogP contribution in [0, 0.1) is 19.8 Å². The normalized spacial score (nSPS) is 16.4. The number of carbonyl (C=O) groups is 1. The highest BCUT2D eigenvalue weighted by molar-refractivity contribution is 5.89. The van der Waals surface area contributed by atoms with E-state index in [1.54, 1.807) is 6.33 Å². The van der Waals surface area contributed by atoms with E-state index in [1.165, 1.54) is 11.1 Å². The molecule has 6 heteroatoms. The summed E-state index contributed by atoms with van der Waals surface area (Å²) in [5.74, 6) is 1.32. The zero-order valence-corrected chi connectivity index (χ0v) is 16.3. The molecule has 1 aliphatic rings. The molecule has 4 rings (SSSR count). The summed E-state index contributed by atoms with van der Waals surface area (Å²) in [6.07, 6.45) is 3.54. The van der Waals surface area contributed by atoms with Crippen molar-refractivity contribution in [3.05, 3.63) is 71.8 Å². The molecule has 6 nitrogen and oxygen atoms in total. The highest BCUT2D eigenvalue weighted by Gasteiger charge is 2.27. The van der Waals surface area contributed by atoms with Crippen LogP contribution in [0.15, 0.2) is 54.9 Å². The van der Waals surface area contributed by atoms with E-state index in [0.717, 1.165) is 43.1 Å². The number of urea groups is 1. The quantitative estimate of drug-likeness (QED) is 0.750. The van der Waals surface area contributed by atoms with Gasteiger partial charge in [0.25, 0.3) is 0 Å². The van der Waals surface area contributed by atoms with Gasteiger partial charge in [0, 0.05) is 30.9 Å². The number of aromatic nitrogens is 3. The van der Waals surface area contributed by atoms with Crippen LogP contribution < -0.4 is 5.32 Å². The maximum atomic E-state index is 12.6. The number of rotatable bonds is 4. The number of hydrogen-bond acceptors (Lipinski definition) is 3. The third-order valence-corrected chi connectivity index (χ3v) is 5.46. The van der Waals surface area contributed by atoms with Gasteiger partial charge in [0.2, 0.25) is 0 Å². The Morgan fingerprint density at radius 1 is 1.14 bits per heavy atom. The van der Waals surface area contributed by atoms with Gasteiger partial charge in [0.05, 0.1) is 0 Å². The Bertz CT molecular complexity index is 966. The lowest BCUT2D eigenvalue weighted by Gasteiger charge is -2.18. The van der Waals surface area contributed by atoms with Crippen LogP contribution in [0.1, 0.15) is 23.4 Å². The first-order valence-corrected chi connectivity index (χ1v) is 9.67. The molecule has 2 heterocycles. The van der Waals surface area contributed by atoms with Crippen molar-refractivity contribution in [2.45, 2.75) is 26.7 Å². The molecule has 1 fully saturated rings. The zero-order chi connectivity index (χ0) is 19.5. The summed E-state index contributed by atoms with van der Waals surface area (Å²) in [5.41, 5.74) is 4.31. The van der Waals surface area contributed by atoms with Crippen molar-refractivity contribution in [1.29, 1.82) is 0 Å². The standard InChI is InChI=1S/C22H25N5O/c1-16-8-9-19(12-17(16)2)24-22(28)26-11-10-18(14-26)13-21-25-23-15-27(21)20-6-4-3-5-7-20/h3-9,12,15,18H,10-11,13-14H2,1-2H3,(H,24,28). The molecule has 1 unspecified atom stereocenters. The average molecular weight is 375 g/mol. The first-order valence-electron chi connectivity index (χ1n) is 9.67. The molecule has 1 aliphatic heterocycles. The van der Waals surface area contributed by atoms with E-state index in [4.69, 9.17) is 0 Å². The van der Waals surface area contributed by atoms with Crippen LogP contribution in [0.4, 0.5) is 10.5 Å². The van der Waals surface area contributed by atoms with Gasteiger partial charge >= 0.3 is 6.03 Å². The number of amides is 2. The smallest absolute Gasteiger partial charge is 0.321 e. The molecule has 0 aliphatic carbocycles. The molecule has 0 spiro atoms. The largest absolute Gasteiger partial charge is 0.324 e. The fraction of sp³-hybridized carbons (Fsp3) is 0.318. The van der Waals surface area contributed by atoms with Crippen LogP contribution in [-0.4, -0.2) is 38.8 Å². The zero-order valence-electron chi connectivity index (χ0n) is 16.3. The molecule has 3 aromatic rings. The van der Waals surface area contributed by atoms with Crippen molar-refractivity contribution in [1.82, 2.24) is 19.7 Å². The summed E-state index contributed by atoms with van der Waals surface area (Å²) in [6.45, 7) is 5.62. The van der Waals surface area contributed by atoms with Gasteiger partial charge in [-0.3, -0.25) is 4.57 Å². The Labute approximate surface area is 165 Å². The summed E-state index contributed by atoms with van der Waals surface area (Å²) in [6, 6.07) is 16.1. The fourth-order valence-electron chi connectivity index (χ4n) is 3.67. The maximum Gasteiger partial charge on any atom is 0.321 e. The van der Waals surface area contributed by atoms with E-state index in [9.17, 15) is 4.79 Å². The van der Waals surface area contributed by atoms with Gasteiger partial charge < -0.3 is 10.2 Å². The lowest BCUT2D eigenvalue weighted by Crippen LogP contribution is -2.33. The molecular weight excluding hydrogens is 350 g/mol. The van der Waals surface area contributed by atoms with Gasteiger partial charge in [0.15, 0.2) is 0 Å². The molecule has 1 aromatic heterocycles. The van der Waals surface area contributed by atoms with Gasteiger partial charge in [-0.25, -0.2) is 4.79 Å². The van der Waals surface area contributed by atoms with E-state index >= 15 is 0 Å². The van der Waals surface area contributed by atoms with Gasteiger partial charge in [-0.2, -0.15) is 0 Å². The molecule has 144 valence electrons. The van der Waals surface area contributed by atoms with Crippen LogP contribution in [0.5, 0.6) is 0 Å². The van der Waals surface area contributed by atoms with Crippen molar-refractivity contribution in [3.8, 4) is 5.69 Å². The molecule has 1 saturated heterocycles. The first-order chi connectivity index (χ1) is 13.6. The highest BCUT2D eigenvalue weighted by atomic mass is 16.2. The molecule has 1 atom stereocenters. The van der Waals surface area contributed by atoms with Crippen LogP contribution >= 0.6 is 0 Å². The number of nitrogens with zero attached hydrogens (tertiary/aromatic N) is 4. The third kappa shape index (κ3) is 3.91. The Morgan fingerprint density at radius 3 is 2.75 bits per heavy atom. The minimum absolute atomic E-state index is 0.0321. The molecule has 0 saturated carbocycles. The van der Waals surface area contributed by atoms with E-state index < -0.39 is 0 Å². The minimum atomic E-state index is -0.0321. The first kappa shape index (κ1) is 18.2. The summed E-state index contributed by atoms with van der Waals surface area (Å²) in [7, 11) is 0. The maximum absolute atomic E-state index is 12.6. The van der Waals surface area contributed by atoms with Crippen molar-refractivity contribution in [2.75, 3.05) is 18.4 Å². The summed E-state index contributed by atoms with van der Waals surface area (Å²) in [4.78, 5) is 14.5. The van der Waals surface area contributed by atoms with E-state index in [1.807, 2.05) is 58.0 Å². The van der Waals surface area contributed by atoms with Crippen molar-refractivity contribution < 1.29 is 4.79 Å². The Morgan fingerprint density at radius 2 is 1.96 bits per heavy atom. The number of hydrogen-bond donors (Lipinski definition) is 1. The van der Waals surface area contributed by atoms with E-state index in [0.29, 0.717) is 5.92 Å². The Hall–Kier alpha value is -3.15. The lowest BCUT2D eigenvalue weighted by molar-refractivity contribution is 0.220.